The molecule has 0 aliphatic carbocycles. The van der Waals surface area contributed by atoms with Crippen molar-refractivity contribution in [3.63, 3.8) is 0 Å². The highest BCUT2D eigenvalue weighted by Crippen LogP contribution is 2.04. The predicted octanol–water partition coefficient (Wildman–Crippen LogP) is 2.10. The Labute approximate surface area is 83.7 Å². The molecule has 13 heavy (non-hydrogen) atoms. The third kappa shape index (κ3) is 6.05. The van der Waals surface area contributed by atoms with E-state index in [1.807, 2.05) is 0 Å². The maximum atomic E-state index is 3.43. The molecule has 0 fully saturated rings. The maximum Gasteiger partial charge on any atom is 0.00786 e. The van der Waals surface area contributed by atoms with Crippen molar-refractivity contribution >= 4 is 0 Å². The minimum absolute atomic E-state index is 0.654. The van der Waals surface area contributed by atoms with E-state index < -0.39 is 0 Å². The van der Waals surface area contributed by atoms with Crippen LogP contribution in [0.15, 0.2) is 0 Å². The molecule has 0 spiro atoms. The minimum Gasteiger partial charge on any atom is -0.317 e. The Morgan fingerprint density at radius 3 is 2.23 bits per heavy atom. The molecular weight excluding hydrogens is 160 g/mol. The van der Waals surface area contributed by atoms with Crippen LogP contribution in [-0.4, -0.2) is 37.1 Å². The molecule has 0 rings (SSSR count). The lowest BCUT2D eigenvalue weighted by Crippen LogP contribution is -2.37. The van der Waals surface area contributed by atoms with Crippen molar-refractivity contribution in [1.82, 2.24) is 10.2 Å². The number of hydrogen-bond donors (Lipinski definition) is 1. The van der Waals surface area contributed by atoms with Crippen molar-refractivity contribution in [2.24, 2.45) is 0 Å². The van der Waals surface area contributed by atoms with Crippen molar-refractivity contribution < 1.29 is 0 Å². The van der Waals surface area contributed by atoms with E-state index in [1.165, 1.54) is 12.8 Å². The molecule has 0 aromatic heterocycles. The van der Waals surface area contributed by atoms with Gasteiger partial charge < -0.3 is 10.2 Å². The molecule has 2 nitrogen and oxygen atoms in total. The topological polar surface area (TPSA) is 15.3 Å². The first-order valence-corrected chi connectivity index (χ1v) is 5.52. The van der Waals surface area contributed by atoms with E-state index in [2.05, 4.69) is 45.0 Å². The van der Waals surface area contributed by atoms with Crippen LogP contribution in [-0.2, 0) is 0 Å². The first-order chi connectivity index (χ1) is 6.09. The molecule has 80 valence electrons. The van der Waals surface area contributed by atoms with E-state index in [4.69, 9.17) is 0 Å². The molecular formula is C11H26N2. The summed E-state index contributed by atoms with van der Waals surface area (Å²) in [6.45, 7) is 11.3. The van der Waals surface area contributed by atoms with E-state index in [9.17, 15) is 0 Å². The molecule has 0 saturated carbocycles. The molecule has 0 aliphatic rings. The van der Waals surface area contributed by atoms with Crippen LogP contribution in [0.2, 0.25) is 0 Å². The quantitative estimate of drug-likeness (QED) is 0.613. The SMILES string of the molecule is CCCNCCC(C)N(C)C(C)C. The highest BCUT2D eigenvalue weighted by molar-refractivity contribution is 4.67. The van der Waals surface area contributed by atoms with Crippen molar-refractivity contribution in [3.8, 4) is 0 Å². The molecule has 1 N–H and O–H groups in total. The fourth-order valence-electron chi connectivity index (χ4n) is 1.33. The van der Waals surface area contributed by atoms with E-state index in [0.29, 0.717) is 12.1 Å². The second kappa shape index (κ2) is 7.34. The summed E-state index contributed by atoms with van der Waals surface area (Å²) in [7, 11) is 2.20. The van der Waals surface area contributed by atoms with Gasteiger partial charge in [0.25, 0.3) is 0 Å². The summed E-state index contributed by atoms with van der Waals surface area (Å²) in [5.74, 6) is 0. The lowest BCUT2D eigenvalue weighted by Gasteiger charge is -2.28. The normalized spacial score (nSPS) is 14.1. The highest BCUT2D eigenvalue weighted by atomic mass is 15.1. The lowest BCUT2D eigenvalue weighted by atomic mass is 10.2. The number of nitrogens with one attached hydrogen (secondary N) is 1. The van der Waals surface area contributed by atoms with Gasteiger partial charge >= 0.3 is 0 Å². The first kappa shape index (κ1) is 12.9. The molecule has 1 unspecified atom stereocenters. The Hall–Kier alpha value is -0.0800. The van der Waals surface area contributed by atoms with Gasteiger partial charge in [-0.05, 0) is 53.8 Å². The zero-order chi connectivity index (χ0) is 10.3. The molecule has 0 heterocycles. The summed E-state index contributed by atoms with van der Waals surface area (Å²) in [6.07, 6.45) is 2.48. The molecule has 1 atom stereocenters. The molecule has 0 aromatic carbocycles. The molecule has 0 amide bonds. The van der Waals surface area contributed by atoms with Gasteiger partial charge in [0.1, 0.15) is 0 Å². The van der Waals surface area contributed by atoms with Crippen LogP contribution >= 0.6 is 0 Å². The van der Waals surface area contributed by atoms with Crippen LogP contribution < -0.4 is 5.32 Å². The monoisotopic (exact) mass is 186 g/mol. The number of rotatable bonds is 7. The molecule has 0 aliphatic heterocycles. The third-order valence-electron chi connectivity index (χ3n) is 2.68. The number of nitrogens with zero attached hydrogens (tertiary/aromatic N) is 1. The van der Waals surface area contributed by atoms with Gasteiger partial charge in [0.05, 0.1) is 0 Å². The molecule has 0 radical (unpaired) electrons. The molecule has 0 bridgehead atoms. The van der Waals surface area contributed by atoms with E-state index >= 15 is 0 Å². The van der Waals surface area contributed by atoms with Crippen molar-refractivity contribution in [2.75, 3.05) is 20.1 Å². The van der Waals surface area contributed by atoms with Gasteiger partial charge in [-0.2, -0.15) is 0 Å². The minimum atomic E-state index is 0.654. The molecule has 0 saturated heterocycles. The van der Waals surface area contributed by atoms with Crippen molar-refractivity contribution in [2.45, 2.75) is 52.6 Å². The standard InChI is InChI=1S/C11H26N2/c1-6-8-12-9-7-11(4)13(5)10(2)3/h10-12H,6-9H2,1-5H3. The van der Waals surface area contributed by atoms with Gasteiger partial charge in [-0.25, -0.2) is 0 Å². The van der Waals surface area contributed by atoms with Gasteiger partial charge in [-0.1, -0.05) is 6.92 Å². The van der Waals surface area contributed by atoms with Crippen LogP contribution in [0, 0.1) is 0 Å². The predicted molar refractivity (Wildman–Crippen MR) is 60.1 cm³/mol. The Morgan fingerprint density at radius 1 is 1.15 bits per heavy atom. The van der Waals surface area contributed by atoms with Crippen LogP contribution in [0.25, 0.3) is 0 Å². The average molecular weight is 186 g/mol. The summed E-state index contributed by atoms with van der Waals surface area (Å²) in [6, 6.07) is 1.34. The Kier molecular flexibility index (Phi) is 7.29. The van der Waals surface area contributed by atoms with Crippen LogP contribution in [0.3, 0.4) is 0 Å². The van der Waals surface area contributed by atoms with Gasteiger partial charge in [0, 0.05) is 12.1 Å². The van der Waals surface area contributed by atoms with Gasteiger partial charge in [0.2, 0.25) is 0 Å². The first-order valence-electron chi connectivity index (χ1n) is 5.52. The van der Waals surface area contributed by atoms with Crippen LogP contribution in [0.5, 0.6) is 0 Å². The summed E-state index contributed by atoms with van der Waals surface area (Å²) >= 11 is 0. The van der Waals surface area contributed by atoms with E-state index in [1.54, 1.807) is 0 Å². The van der Waals surface area contributed by atoms with E-state index in [-0.39, 0.29) is 0 Å². The number of hydrogen-bond acceptors (Lipinski definition) is 2. The zero-order valence-electron chi connectivity index (χ0n) is 9.93. The fourth-order valence-corrected chi connectivity index (χ4v) is 1.33. The van der Waals surface area contributed by atoms with Crippen molar-refractivity contribution in [1.29, 1.82) is 0 Å². The Balaban J connectivity index is 3.44. The largest absolute Gasteiger partial charge is 0.317 e. The van der Waals surface area contributed by atoms with Crippen LogP contribution in [0.1, 0.15) is 40.5 Å². The fraction of sp³-hybridized carbons (Fsp3) is 1.00. The van der Waals surface area contributed by atoms with Gasteiger partial charge in [-0.15, -0.1) is 0 Å². The lowest BCUT2D eigenvalue weighted by molar-refractivity contribution is 0.198. The summed E-state index contributed by atoms with van der Waals surface area (Å²) in [5.41, 5.74) is 0. The van der Waals surface area contributed by atoms with Crippen LogP contribution in [0.4, 0.5) is 0 Å². The zero-order valence-corrected chi connectivity index (χ0v) is 9.93. The summed E-state index contributed by atoms with van der Waals surface area (Å²) < 4.78 is 0. The highest BCUT2D eigenvalue weighted by Gasteiger charge is 2.10. The third-order valence-corrected chi connectivity index (χ3v) is 2.68. The Bertz CT molecular complexity index is 113. The second-order valence-corrected chi connectivity index (χ2v) is 4.15. The van der Waals surface area contributed by atoms with Gasteiger partial charge in [-0.3, -0.25) is 0 Å². The smallest absolute Gasteiger partial charge is 0.00786 e. The molecule has 2 heteroatoms. The second-order valence-electron chi connectivity index (χ2n) is 4.15. The average Bonchev–Trinajstić information content (AvgIpc) is 2.10. The summed E-state index contributed by atoms with van der Waals surface area (Å²) in [5, 5.41) is 3.43. The van der Waals surface area contributed by atoms with E-state index in [0.717, 1.165) is 13.1 Å². The molecule has 0 aromatic rings. The summed E-state index contributed by atoms with van der Waals surface area (Å²) in [4.78, 5) is 2.42. The maximum absolute atomic E-state index is 3.43. The Morgan fingerprint density at radius 2 is 1.77 bits per heavy atom. The van der Waals surface area contributed by atoms with Crippen molar-refractivity contribution in [3.05, 3.63) is 0 Å². The van der Waals surface area contributed by atoms with Gasteiger partial charge in [0.15, 0.2) is 0 Å².